The van der Waals surface area contributed by atoms with Crippen LogP contribution in [0.2, 0.25) is 0 Å². The van der Waals surface area contributed by atoms with E-state index in [4.69, 9.17) is 10.8 Å². The van der Waals surface area contributed by atoms with E-state index < -0.39 is 27.4 Å². The minimum atomic E-state index is -3.27. The molecule has 120 valence electrons. The van der Waals surface area contributed by atoms with Gasteiger partial charge in [0.1, 0.15) is 0 Å². The van der Waals surface area contributed by atoms with E-state index in [2.05, 4.69) is 0 Å². The van der Waals surface area contributed by atoms with Gasteiger partial charge in [0.05, 0.1) is 24.0 Å². The molecular formula is C13H22N2O5S. The van der Waals surface area contributed by atoms with E-state index in [1.54, 1.807) is 0 Å². The first kappa shape index (κ1) is 16.2. The normalized spacial score (nSPS) is 27.5. The quantitative estimate of drug-likeness (QED) is 0.738. The molecule has 0 aromatic heterocycles. The minimum Gasteiger partial charge on any atom is -0.481 e. The summed E-state index contributed by atoms with van der Waals surface area (Å²) in [6.45, 7) is 0.0647. The second-order valence-electron chi connectivity index (χ2n) is 6.20. The Balaban J connectivity index is 2.08. The average molecular weight is 318 g/mol. The summed E-state index contributed by atoms with van der Waals surface area (Å²) in [6, 6.07) is -0.779. The van der Waals surface area contributed by atoms with Crippen molar-refractivity contribution in [1.29, 1.82) is 0 Å². The zero-order chi connectivity index (χ0) is 15.7. The number of rotatable bonds is 4. The Morgan fingerprint density at radius 2 is 1.90 bits per heavy atom. The molecule has 1 aliphatic heterocycles. The Kier molecular flexibility index (Phi) is 4.57. The van der Waals surface area contributed by atoms with Gasteiger partial charge in [0.2, 0.25) is 5.91 Å². The molecule has 0 spiro atoms. The Hall–Kier alpha value is -1.15. The largest absolute Gasteiger partial charge is 0.481 e. The SMILES string of the molecule is NC1(CC(=O)N2CCS(=O)(=O)CC2CC(=O)O)CCCC1. The monoisotopic (exact) mass is 318 g/mol. The van der Waals surface area contributed by atoms with Gasteiger partial charge in [-0.15, -0.1) is 0 Å². The molecule has 1 saturated carbocycles. The summed E-state index contributed by atoms with van der Waals surface area (Å²) in [5, 5.41) is 8.91. The minimum absolute atomic E-state index is 0.0647. The molecule has 0 aromatic rings. The first-order chi connectivity index (χ1) is 9.71. The van der Waals surface area contributed by atoms with Crippen LogP contribution in [0.1, 0.15) is 38.5 Å². The molecule has 0 bridgehead atoms. The fraction of sp³-hybridized carbons (Fsp3) is 0.846. The van der Waals surface area contributed by atoms with Gasteiger partial charge in [0.15, 0.2) is 9.84 Å². The van der Waals surface area contributed by atoms with E-state index in [1.165, 1.54) is 4.90 Å². The second-order valence-corrected chi connectivity index (χ2v) is 8.43. The molecule has 21 heavy (non-hydrogen) atoms. The maximum atomic E-state index is 12.4. The van der Waals surface area contributed by atoms with Crippen LogP contribution in [0.15, 0.2) is 0 Å². The van der Waals surface area contributed by atoms with Crippen molar-refractivity contribution in [3.63, 3.8) is 0 Å². The number of carbonyl (C=O) groups is 2. The van der Waals surface area contributed by atoms with Crippen LogP contribution in [0.3, 0.4) is 0 Å². The summed E-state index contributed by atoms with van der Waals surface area (Å²) < 4.78 is 23.3. The molecule has 1 unspecified atom stereocenters. The van der Waals surface area contributed by atoms with Gasteiger partial charge >= 0.3 is 5.97 Å². The summed E-state index contributed by atoms with van der Waals surface area (Å²) in [5.41, 5.74) is 5.67. The van der Waals surface area contributed by atoms with Gasteiger partial charge in [-0.25, -0.2) is 8.42 Å². The Morgan fingerprint density at radius 1 is 1.29 bits per heavy atom. The van der Waals surface area contributed by atoms with E-state index in [0.717, 1.165) is 25.7 Å². The molecule has 7 nitrogen and oxygen atoms in total. The van der Waals surface area contributed by atoms with Gasteiger partial charge in [-0.2, -0.15) is 0 Å². The molecule has 1 saturated heterocycles. The van der Waals surface area contributed by atoms with Crippen LogP contribution in [-0.2, 0) is 19.4 Å². The zero-order valence-corrected chi connectivity index (χ0v) is 12.8. The Labute approximate surface area is 124 Å². The molecule has 2 aliphatic rings. The van der Waals surface area contributed by atoms with E-state index in [-0.39, 0.29) is 36.8 Å². The fourth-order valence-corrected chi connectivity index (χ4v) is 4.77. The molecule has 8 heteroatoms. The van der Waals surface area contributed by atoms with Crippen molar-refractivity contribution in [3.8, 4) is 0 Å². The van der Waals surface area contributed by atoms with E-state index >= 15 is 0 Å². The fourth-order valence-electron chi connectivity index (χ4n) is 3.24. The third kappa shape index (κ3) is 4.16. The number of nitrogens with zero attached hydrogens (tertiary/aromatic N) is 1. The standard InChI is InChI=1S/C13H22N2O5S/c14-13(3-1-2-4-13)8-11(16)15-5-6-21(19,20)9-10(15)7-12(17)18/h10H,1-9,14H2,(H,17,18). The number of sulfone groups is 1. The lowest BCUT2D eigenvalue weighted by molar-refractivity contribution is -0.140. The number of carboxylic acid groups (broad SMARTS) is 1. The van der Waals surface area contributed by atoms with Crippen molar-refractivity contribution in [3.05, 3.63) is 0 Å². The van der Waals surface area contributed by atoms with Crippen molar-refractivity contribution in [1.82, 2.24) is 4.90 Å². The number of amides is 1. The van der Waals surface area contributed by atoms with Crippen molar-refractivity contribution in [2.45, 2.75) is 50.1 Å². The Bertz CT molecular complexity index is 525. The summed E-state index contributed by atoms with van der Waals surface area (Å²) >= 11 is 0. The highest BCUT2D eigenvalue weighted by Crippen LogP contribution is 2.31. The van der Waals surface area contributed by atoms with Gasteiger partial charge in [-0.3, -0.25) is 9.59 Å². The van der Waals surface area contributed by atoms with E-state index in [0.29, 0.717) is 0 Å². The molecule has 1 amide bonds. The van der Waals surface area contributed by atoms with E-state index in [9.17, 15) is 18.0 Å². The van der Waals surface area contributed by atoms with Crippen molar-refractivity contribution in [2.75, 3.05) is 18.1 Å². The zero-order valence-electron chi connectivity index (χ0n) is 12.0. The van der Waals surface area contributed by atoms with Crippen LogP contribution >= 0.6 is 0 Å². The molecule has 0 aromatic carbocycles. The number of carbonyl (C=O) groups excluding carboxylic acids is 1. The van der Waals surface area contributed by atoms with Gasteiger partial charge in [0, 0.05) is 18.5 Å². The van der Waals surface area contributed by atoms with Crippen LogP contribution in [0.4, 0.5) is 0 Å². The van der Waals surface area contributed by atoms with Crippen molar-refractivity contribution >= 4 is 21.7 Å². The summed E-state index contributed by atoms with van der Waals surface area (Å²) in [7, 11) is -3.27. The summed E-state index contributed by atoms with van der Waals surface area (Å²) in [4.78, 5) is 24.7. The third-order valence-electron chi connectivity index (χ3n) is 4.36. The topological polar surface area (TPSA) is 118 Å². The van der Waals surface area contributed by atoms with Crippen LogP contribution in [0.5, 0.6) is 0 Å². The lowest BCUT2D eigenvalue weighted by Crippen LogP contribution is -2.54. The molecule has 1 atom stereocenters. The highest BCUT2D eigenvalue weighted by molar-refractivity contribution is 7.91. The number of aliphatic carboxylic acids is 1. The highest BCUT2D eigenvalue weighted by atomic mass is 32.2. The first-order valence-electron chi connectivity index (χ1n) is 7.21. The highest BCUT2D eigenvalue weighted by Gasteiger charge is 2.39. The van der Waals surface area contributed by atoms with Gasteiger partial charge in [0.25, 0.3) is 0 Å². The number of hydrogen-bond acceptors (Lipinski definition) is 5. The van der Waals surface area contributed by atoms with Crippen LogP contribution in [0.25, 0.3) is 0 Å². The maximum Gasteiger partial charge on any atom is 0.305 e. The molecule has 1 heterocycles. The van der Waals surface area contributed by atoms with Gasteiger partial charge in [-0.1, -0.05) is 12.8 Å². The first-order valence-corrected chi connectivity index (χ1v) is 9.03. The molecule has 2 fully saturated rings. The summed E-state index contributed by atoms with van der Waals surface area (Å²) in [5.74, 6) is -1.70. The number of carboxylic acids is 1. The molecule has 1 aliphatic carbocycles. The third-order valence-corrected chi connectivity index (χ3v) is 6.06. The molecule has 0 radical (unpaired) electrons. The van der Waals surface area contributed by atoms with Crippen molar-refractivity contribution in [2.24, 2.45) is 5.73 Å². The smallest absolute Gasteiger partial charge is 0.305 e. The lowest BCUT2D eigenvalue weighted by Gasteiger charge is -2.36. The predicted molar refractivity (Wildman–Crippen MR) is 76.4 cm³/mol. The van der Waals surface area contributed by atoms with E-state index in [1.807, 2.05) is 0 Å². The summed E-state index contributed by atoms with van der Waals surface area (Å²) in [6.07, 6.45) is 3.39. The van der Waals surface area contributed by atoms with Crippen LogP contribution in [-0.4, -0.2) is 59.9 Å². The maximum absolute atomic E-state index is 12.4. The van der Waals surface area contributed by atoms with Crippen LogP contribution in [0, 0.1) is 0 Å². The molecule has 2 rings (SSSR count). The molecular weight excluding hydrogens is 296 g/mol. The second kappa shape index (κ2) is 5.92. The Morgan fingerprint density at radius 3 is 2.48 bits per heavy atom. The number of nitrogens with two attached hydrogens (primary N) is 1. The average Bonchev–Trinajstić information content (AvgIpc) is 2.73. The van der Waals surface area contributed by atoms with Crippen molar-refractivity contribution < 1.29 is 23.1 Å². The number of hydrogen-bond donors (Lipinski definition) is 2. The van der Waals surface area contributed by atoms with Crippen LogP contribution < -0.4 is 5.73 Å². The lowest BCUT2D eigenvalue weighted by atomic mass is 9.93. The van der Waals surface area contributed by atoms with Gasteiger partial charge < -0.3 is 15.7 Å². The predicted octanol–water partition coefficient (Wildman–Crippen LogP) is -0.252. The molecule has 3 N–H and O–H groups in total. The van der Waals surface area contributed by atoms with Gasteiger partial charge in [-0.05, 0) is 12.8 Å².